The smallest absolute Gasteiger partial charge is 0.306 e. The average molecular weight is 808 g/mol. The Bertz CT molecular complexity index is 756. The maximum absolute atomic E-state index is 12.5. The minimum Gasteiger partial charge on any atom is -0.466 e. The zero-order valence-corrected chi connectivity index (χ0v) is 39.5. The molecule has 6 nitrogen and oxygen atoms in total. The number of nitrogens with zero attached hydrogens (tertiary/aromatic N) is 1. The third kappa shape index (κ3) is 38.8. The summed E-state index contributed by atoms with van der Waals surface area (Å²) in [5.41, 5.74) is 0. The van der Waals surface area contributed by atoms with Crippen molar-refractivity contribution in [3.63, 3.8) is 0 Å². The predicted molar refractivity (Wildman–Crippen MR) is 246 cm³/mol. The zero-order chi connectivity index (χ0) is 41.9. The summed E-state index contributed by atoms with van der Waals surface area (Å²) < 4.78 is 17.9. The van der Waals surface area contributed by atoms with E-state index in [1.807, 2.05) is 0 Å². The van der Waals surface area contributed by atoms with Crippen molar-refractivity contribution in [2.45, 2.75) is 266 Å². The summed E-state index contributed by atoms with van der Waals surface area (Å²) in [6, 6.07) is 0. The number of carbonyl (C=O) groups excluding carboxylic acids is 2. The van der Waals surface area contributed by atoms with E-state index in [0.29, 0.717) is 44.0 Å². The Kier molecular flexibility index (Phi) is 43.5. The number of ether oxygens (including phenoxy) is 3. The van der Waals surface area contributed by atoms with Gasteiger partial charge in [0, 0.05) is 19.4 Å². The molecule has 0 aliphatic rings. The van der Waals surface area contributed by atoms with Crippen molar-refractivity contribution in [3.8, 4) is 0 Å². The number of carbonyl (C=O) groups is 2. The van der Waals surface area contributed by atoms with Gasteiger partial charge in [0.1, 0.15) is 0 Å². The van der Waals surface area contributed by atoms with Crippen LogP contribution in [0.2, 0.25) is 0 Å². The van der Waals surface area contributed by atoms with Crippen LogP contribution in [-0.4, -0.2) is 62.4 Å². The van der Waals surface area contributed by atoms with E-state index in [2.05, 4.69) is 46.4 Å². The molecule has 340 valence electrons. The number of hydrogen-bond donors (Lipinski definition) is 0. The van der Waals surface area contributed by atoms with Gasteiger partial charge in [0.2, 0.25) is 0 Å². The first kappa shape index (κ1) is 55.9. The maximum Gasteiger partial charge on any atom is 0.306 e. The second-order valence-corrected chi connectivity index (χ2v) is 17.6. The quantitative estimate of drug-likeness (QED) is 0.0451. The van der Waals surface area contributed by atoms with E-state index in [-0.39, 0.29) is 11.9 Å². The van der Waals surface area contributed by atoms with Gasteiger partial charge in [-0.15, -0.1) is 0 Å². The van der Waals surface area contributed by atoms with Crippen LogP contribution in [0.5, 0.6) is 0 Å². The molecule has 0 saturated heterocycles. The predicted octanol–water partition coefficient (Wildman–Crippen LogP) is 15.4. The minimum absolute atomic E-state index is 0.0273. The number of unbranched alkanes of at least 4 members (excludes halogenated alkanes) is 19. The summed E-state index contributed by atoms with van der Waals surface area (Å²) in [4.78, 5) is 27.6. The standard InChI is InChI=1S/C51H101NO5/c1-7-13-25-35-47(36-26-14-8-2)45-50(53)56-43-32-23-19-17-21-29-39-49(55-42-34-31-41-52(11-5)12-6)40-30-22-18-20-24-33-44-57-51(54)46-48(37-27-15-9-3)38-28-16-10-4/h47-49H,7-46H2,1-6H3. The number of rotatable bonds is 46. The fourth-order valence-electron chi connectivity index (χ4n) is 8.29. The minimum atomic E-state index is 0.0273. The van der Waals surface area contributed by atoms with Crippen LogP contribution in [0.3, 0.4) is 0 Å². The molecule has 0 saturated carbocycles. The van der Waals surface area contributed by atoms with Crippen molar-refractivity contribution in [1.82, 2.24) is 4.90 Å². The highest BCUT2D eigenvalue weighted by molar-refractivity contribution is 5.70. The highest BCUT2D eigenvalue weighted by Crippen LogP contribution is 2.23. The molecular weight excluding hydrogens is 707 g/mol. The lowest BCUT2D eigenvalue weighted by molar-refractivity contribution is -0.146. The van der Waals surface area contributed by atoms with Crippen molar-refractivity contribution in [1.29, 1.82) is 0 Å². The molecule has 0 aromatic rings. The van der Waals surface area contributed by atoms with Crippen LogP contribution < -0.4 is 0 Å². The van der Waals surface area contributed by atoms with Crippen molar-refractivity contribution < 1.29 is 23.8 Å². The Morgan fingerprint density at radius 1 is 0.386 bits per heavy atom. The molecule has 6 heteroatoms. The number of esters is 2. The third-order valence-electron chi connectivity index (χ3n) is 12.3. The fraction of sp³-hybridized carbons (Fsp3) is 0.961. The second kappa shape index (κ2) is 44.4. The van der Waals surface area contributed by atoms with E-state index < -0.39 is 0 Å². The topological polar surface area (TPSA) is 65.1 Å². The summed E-state index contributed by atoms with van der Waals surface area (Å²) in [5, 5.41) is 0. The molecule has 0 rings (SSSR count). The molecule has 0 spiro atoms. The molecule has 0 bridgehead atoms. The monoisotopic (exact) mass is 808 g/mol. The van der Waals surface area contributed by atoms with Crippen LogP contribution in [0, 0.1) is 11.8 Å². The Morgan fingerprint density at radius 2 is 0.719 bits per heavy atom. The molecule has 0 aliphatic carbocycles. The van der Waals surface area contributed by atoms with E-state index in [0.717, 1.165) is 51.8 Å². The van der Waals surface area contributed by atoms with Gasteiger partial charge in [-0.05, 0) is 95.7 Å². The molecule has 0 N–H and O–H groups in total. The lowest BCUT2D eigenvalue weighted by Crippen LogP contribution is -2.24. The molecule has 0 aromatic heterocycles. The molecular formula is C51H101NO5. The van der Waals surface area contributed by atoms with E-state index in [9.17, 15) is 9.59 Å². The molecule has 0 fully saturated rings. The first-order chi connectivity index (χ1) is 27.9. The summed E-state index contributed by atoms with van der Waals surface area (Å²) in [7, 11) is 0. The Hall–Kier alpha value is -1.14. The van der Waals surface area contributed by atoms with Gasteiger partial charge in [-0.25, -0.2) is 0 Å². The Morgan fingerprint density at radius 3 is 1.09 bits per heavy atom. The normalized spacial score (nSPS) is 11.8. The zero-order valence-electron chi connectivity index (χ0n) is 39.5. The van der Waals surface area contributed by atoms with Crippen molar-refractivity contribution >= 4 is 11.9 Å². The Balaban J connectivity index is 4.31. The second-order valence-electron chi connectivity index (χ2n) is 17.6. The van der Waals surface area contributed by atoms with Crippen LogP contribution in [0.15, 0.2) is 0 Å². The summed E-state index contributed by atoms with van der Waals surface area (Å²) in [6.07, 6.45) is 40.3. The lowest BCUT2D eigenvalue weighted by Gasteiger charge is -2.20. The van der Waals surface area contributed by atoms with Crippen LogP contribution in [0.25, 0.3) is 0 Å². The molecule has 0 unspecified atom stereocenters. The highest BCUT2D eigenvalue weighted by atomic mass is 16.5. The molecule has 0 heterocycles. The molecule has 0 aliphatic heterocycles. The molecule has 0 radical (unpaired) electrons. The first-order valence-corrected chi connectivity index (χ1v) is 25.6. The van der Waals surface area contributed by atoms with E-state index in [1.54, 1.807) is 0 Å². The van der Waals surface area contributed by atoms with Crippen molar-refractivity contribution in [2.24, 2.45) is 11.8 Å². The van der Waals surface area contributed by atoms with Crippen LogP contribution in [0.4, 0.5) is 0 Å². The Labute approximate surface area is 356 Å². The van der Waals surface area contributed by atoms with E-state index >= 15 is 0 Å². The van der Waals surface area contributed by atoms with Gasteiger partial charge in [-0.1, -0.05) is 183 Å². The number of hydrogen-bond acceptors (Lipinski definition) is 6. The highest BCUT2D eigenvalue weighted by Gasteiger charge is 2.16. The SMILES string of the molecule is CCCCCC(CCCCC)CC(=O)OCCCCCCCCC(CCCCCCCCOC(=O)CC(CCCCC)CCCCC)OCCCCN(CC)CC. The largest absolute Gasteiger partial charge is 0.466 e. The summed E-state index contributed by atoms with van der Waals surface area (Å²) in [5.74, 6) is 1.07. The molecule has 0 amide bonds. The van der Waals surface area contributed by atoms with Gasteiger partial charge in [0.25, 0.3) is 0 Å². The van der Waals surface area contributed by atoms with Crippen LogP contribution >= 0.6 is 0 Å². The molecule has 57 heavy (non-hydrogen) atoms. The van der Waals surface area contributed by atoms with Crippen molar-refractivity contribution in [3.05, 3.63) is 0 Å². The summed E-state index contributed by atoms with van der Waals surface area (Å²) >= 11 is 0. The third-order valence-corrected chi connectivity index (χ3v) is 12.3. The van der Waals surface area contributed by atoms with Crippen LogP contribution in [-0.2, 0) is 23.8 Å². The molecule has 0 aromatic carbocycles. The van der Waals surface area contributed by atoms with Gasteiger partial charge in [0.05, 0.1) is 19.3 Å². The van der Waals surface area contributed by atoms with Crippen LogP contribution in [0.1, 0.15) is 260 Å². The molecule has 0 atom stereocenters. The first-order valence-electron chi connectivity index (χ1n) is 25.6. The van der Waals surface area contributed by atoms with Gasteiger partial charge in [-0.2, -0.15) is 0 Å². The van der Waals surface area contributed by atoms with Gasteiger partial charge in [0.15, 0.2) is 0 Å². The van der Waals surface area contributed by atoms with Crippen molar-refractivity contribution in [2.75, 3.05) is 39.5 Å². The van der Waals surface area contributed by atoms with E-state index in [1.165, 1.54) is 180 Å². The van der Waals surface area contributed by atoms with Gasteiger partial charge >= 0.3 is 11.9 Å². The van der Waals surface area contributed by atoms with Gasteiger partial charge < -0.3 is 19.1 Å². The maximum atomic E-state index is 12.5. The lowest BCUT2D eigenvalue weighted by atomic mass is 9.92. The average Bonchev–Trinajstić information content (AvgIpc) is 3.20. The summed E-state index contributed by atoms with van der Waals surface area (Å²) in [6.45, 7) is 19.0. The fourth-order valence-corrected chi connectivity index (χ4v) is 8.29. The van der Waals surface area contributed by atoms with E-state index in [4.69, 9.17) is 14.2 Å². The van der Waals surface area contributed by atoms with Gasteiger partial charge in [-0.3, -0.25) is 9.59 Å².